The minimum atomic E-state index is 0.309. The van der Waals surface area contributed by atoms with Gasteiger partial charge in [0, 0.05) is 17.6 Å². The molecule has 1 aliphatic heterocycles. The largest absolute Gasteiger partial charge is 0.377 e. The average Bonchev–Trinajstić information content (AvgIpc) is 2.97. The fourth-order valence-electron chi connectivity index (χ4n) is 3.20. The molecule has 118 valence electrons. The molecule has 0 spiro atoms. The zero-order valence-corrected chi connectivity index (χ0v) is 13.2. The second-order valence-electron chi connectivity index (χ2n) is 6.02. The van der Waals surface area contributed by atoms with E-state index < -0.39 is 0 Å². The average molecular weight is 308 g/mol. The van der Waals surface area contributed by atoms with Gasteiger partial charge in [-0.2, -0.15) is 5.10 Å². The van der Waals surface area contributed by atoms with Gasteiger partial charge in [0.1, 0.15) is 11.3 Å². The van der Waals surface area contributed by atoms with E-state index >= 15 is 0 Å². The van der Waals surface area contributed by atoms with Gasteiger partial charge in [0.05, 0.1) is 25.5 Å². The van der Waals surface area contributed by atoms with Crippen LogP contribution in [0.25, 0.3) is 10.9 Å². The van der Waals surface area contributed by atoms with Crippen LogP contribution in [0.2, 0.25) is 0 Å². The van der Waals surface area contributed by atoms with E-state index in [-0.39, 0.29) is 0 Å². The summed E-state index contributed by atoms with van der Waals surface area (Å²) < 4.78 is 5.71. The number of benzene rings is 1. The lowest BCUT2D eigenvalue weighted by Gasteiger charge is -2.36. The number of morpholine rings is 1. The van der Waals surface area contributed by atoms with Crippen LogP contribution in [0, 0.1) is 6.92 Å². The Hall–Kier alpha value is -2.40. The Morgan fingerprint density at radius 3 is 3.04 bits per heavy atom. The molecule has 0 bridgehead atoms. The van der Waals surface area contributed by atoms with Gasteiger partial charge in [-0.1, -0.05) is 30.3 Å². The van der Waals surface area contributed by atoms with E-state index in [4.69, 9.17) is 4.74 Å². The molecule has 0 saturated carbocycles. The minimum Gasteiger partial charge on any atom is -0.377 e. The monoisotopic (exact) mass is 308 g/mol. The number of anilines is 1. The van der Waals surface area contributed by atoms with Crippen LogP contribution in [0.4, 0.5) is 5.82 Å². The Bertz CT molecular complexity index is 799. The molecular weight excluding hydrogens is 288 g/mol. The van der Waals surface area contributed by atoms with Gasteiger partial charge in [-0.05, 0) is 25.0 Å². The van der Waals surface area contributed by atoms with E-state index in [2.05, 4.69) is 56.5 Å². The van der Waals surface area contributed by atoms with Crippen LogP contribution in [0.1, 0.15) is 11.3 Å². The van der Waals surface area contributed by atoms with Crippen LogP contribution in [0.3, 0.4) is 0 Å². The van der Waals surface area contributed by atoms with Crippen LogP contribution < -0.4 is 4.90 Å². The normalized spacial score (nSPS) is 18.5. The maximum atomic E-state index is 5.71. The van der Waals surface area contributed by atoms with E-state index in [0.717, 1.165) is 48.6 Å². The van der Waals surface area contributed by atoms with Gasteiger partial charge in [-0.15, -0.1) is 0 Å². The van der Waals surface area contributed by atoms with E-state index in [0.29, 0.717) is 6.04 Å². The van der Waals surface area contributed by atoms with Crippen molar-refractivity contribution in [3.05, 3.63) is 53.9 Å². The first-order valence-electron chi connectivity index (χ1n) is 8.00. The van der Waals surface area contributed by atoms with Crippen molar-refractivity contribution >= 4 is 16.7 Å². The number of nitrogens with one attached hydrogen (secondary N) is 1. The third kappa shape index (κ3) is 2.80. The topological polar surface area (TPSA) is 54.0 Å². The summed E-state index contributed by atoms with van der Waals surface area (Å²) in [6.45, 7) is 4.39. The van der Waals surface area contributed by atoms with E-state index in [9.17, 15) is 0 Å². The van der Waals surface area contributed by atoms with Gasteiger partial charge in [0.15, 0.2) is 0 Å². The van der Waals surface area contributed by atoms with Gasteiger partial charge in [0.25, 0.3) is 0 Å². The smallest absolute Gasteiger partial charge is 0.129 e. The molecule has 0 aliphatic carbocycles. The number of fused-ring (bicyclic) bond motifs is 1. The molecule has 3 aromatic rings. The molecule has 1 fully saturated rings. The number of pyridine rings is 1. The number of H-pyrrole nitrogens is 1. The van der Waals surface area contributed by atoms with Crippen molar-refractivity contribution in [3.63, 3.8) is 0 Å². The maximum absolute atomic E-state index is 5.71. The fourth-order valence-corrected chi connectivity index (χ4v) is 3.20. The van der Waals surface area contributed by atoms with E-state index in [1.54, 1.807) is 0 Å². The molecule has 5 nitrogen and oxygen atoms in total. The molecule has 1 saturated heterocycles. The number of hydrogen-bond acceptors (Lipinski definition) is 4. The molecule has 0 amide bonds. The van der Waals surface area contributed by atoms with Crippen molar-refractivity contribution in [2.75, 3.05) is 24.7 Å². The summed E-state index contributed by atoms with van der Waals surface area (Å²) >= 11 is 0. The molecule has 23 heavy (non-hydrogen) atoms. The van der Waals surface area contributed by atoms with Gasteiger partial charge >= 0.3 is 0 Å². The van der Waals surface area contributed by atoms with Gasteiger partial charge in [0.2, 0.25) is 0 Å². The van der Waals surface area contributed by atoms with Crippen LogP contribution in [0.5, 0.6) is 0 Å². The van der Waals surface area contributed by atoms with E-state index in [1.807, 2.05) is 13.1 Å². The highest BCUT2D eigenvalue weighted by Gasteiger charge is 2.25. The van der Waals surface area contributed by atoms with Gasteiger partial charge < -0.3 is 9.64 Å². The number of aromatic nitrogens is 3. The summed E-state index contributed by atoms with van der Waals surface area (Å²) in [7, 11) is 0. The second-order valence-corrected chi connectivity index (χ2v) is 6.02. The lowest BCUT2D eigenvalue weighted by Crippen LogP contribution is -2.47. The van der Waals surface area contributed by atoms with Gasteiger partial charge in [-0.3, -0.25) is 5.10 Å². The van der Waals surface area contributed by atoms with Crippen molar-refractivity contribution in [2.45, 2.75) is 19.4 Å². The number of aromatic amines is 1. The van der Waals surface area contributed by atoms with Crippen LogP contribution >= 0.6 is 0 Å². The van der Waals surface area contributed by atoms with Crippen LogP contribution in [-0.4, -0.2) is 41.0 Å². The molecule has 1 unspecified atom stereocenters. The van der Waals surface area contributed by atoms with Crippen molar-refractivity contribution in [3.8, 4) is 0 Å². The summed E-state index contributed by atoms with van der Waals surface area (Å²) in [5, 5.41) is 8.42. The zero-order chi connectivity index (χ0) is 15.6. The molecular formula is C18H20N4O. The van der Waals surface area contributed by atoms with Crippen LogP contribution in [0.15, 0.2) is 42.6 Å². The Balaban J connectivity index is 1.64. The zero-order valence-electron chi connectivity index (χ0n) is 13.2. The Kier molecular flexibility index (Phi) is 3.71. The number of hydrogen-bond donors (Lipinski definition) is 1. The lowest BCUT2D eigenvalue weighted by atomic mass is 10.0. The minimum absolute atomic E-state index is 0.309. The third-order valence-corrected chi connectivity index (χ3v) is 4.45. The third-order valence-electron chi connectivity index (χ3n) is 4.45. The Morgan fingerprint density at radius 1 is 1.30 bits per heavy atom. The molecule has 1 atom stereocenters. The highest BCUT2D eigenvalue weighted by atomic mass is 16.5. The summed E-state index contributed by atoms with van der Waals surface area (Å²) in [4.78, 5) is 6.99. The first kappa shape index (κ1) is 14.2. The Morgan fingerprint density at radius 2 is 2.17 bits per heavy atom. The van der Waals surface area contributed by atoms with Crippen molar-refractivity contribution in [1.29, 1.82) is 0 Å². The van der Waals surface area contributed by atoms with E-state index in [1.165, 1.54) is 5.56 Å². The predicted octanol–water partition coefficient (Wildman–Crippen LogP) is 2.71. The summed E-state index contributed by atoms with van der Waals surface area (Å²) in [5.41, 5.74) is 3.32. The molecule has 1 aliphatic rings. The number of nitrogens with zero attached hydrogens (tertiary/aromatic N) is 3. The highest BCUT2D eigenvalue weighted by molar-refractivity contribution is 5.82. The molecule has 1 N–H and O–H groups in total. The van der Waals surface area contributed by atoms with Crippen LogP contribution in [-0.2, 0) is 11.2 Å². The highest BCUT2D eigenvalue weighted by Crippen LogP contribution is 2.24. The van der Waals surface area contributed by atoms with Crippen molar-refractivity contribution in [2.24, 2.45) is 0 Å². The first-order valence-corrected chi connectivity index (χ1v) is 8.00. The molecule has 0 radical (unpaired) electrons. The number of rotatable bonds is 3. The molecule has 2 aromatic heterocycles. The molecule has 5 heteroatoms. The number of ether oxygens (including phenoxy) is 1. The lowest BCUT2D eigenvalue weighted by molar-refractivity contribution is 0.0937. The van der Waals surface area contributed by atoms with Gasteiger partial charge in [-0.25, -0.2) is 4.98 Å². The SMILES string of the molecule is Cc1[nH]nc2cnc(N3CCOCC3Cc3ccccc3)cc12. The first-order chi connectivity index (χ1) is 11.3. The molecule has 1 aromatic carbocycles. The maximum Gasteiger partial charge on any atom is 0.129 e. The second kappa shape index (κ2) is 6.01. The fraction of sp³-hybridized carbons (Fsp3) is 0.333. The molecule has 4 rings (SSSR count). The number of aryl methyl sites for hydroxylation is 1. The van der Waals surface area contributed by atoms with Crippen molar-refractivity contribution in [1.82, 2.24) is 15.2 Å². The summed E-state index contributed by atoms with van der Waals surface area (Å²) in [6, 6.07) is 13.0. The standard InChI is InChI=1S/C18H20N4O/c1-13-16-10-18(19-11-17(16)21-20-13)22-7-8-23-12-15(22)9-14-5-3-2-4-6-14/h2-6,10-11,15H,7-9,12H2,1H3,(H,20,21). The Labute approximate surface area is 135 Å². The van der Waals surface area contributed by atoms with Crippen molar-refractivity contribution < 1.29 is 4.74 Å². The molecule has 3 heterocycles. The quantitative estimate of drug-likeness (QED) is 0.808. The summed E-state index contributed by atoms with van der Waals surface area (Å²) in [6.07, 6.45) is 2.81. The predicted molar refractivity (Wildman–Crippen MR) is 90.7 cm³/mol. The summed E-state index contributed by atoms with van der Waals surface area (Å²) in [5.74, 6) is 1.01.